The van der Waals surface area contributed by atoms with Crippen LogP contribution in [-0.2, 0) is 4.79 Å². The third-order valence-electron chi connectivity index (χ3n) is 6.03. The van der Waals surface area contributed by atoms with Crippen molar-refractivity contribution in [2.24, 2.45) is 17.6 Å². The van der Waals surface area contributed by atoms with E-state index in [2.05, 4.69) is 11.8 Å². The van der Waals surface area contributed by atoms with Crippen LogP contribution < -0.4 is 5.73 Å². The summed E-state index contributed by atoms with van der Waals surface area (Å²) in [4.78, 5) is 14.7. The lowest BCUT2D eigenvalue weighted by Gasteiger charge is -2.52. The Morgan fingerprint density at radius 3 is 2.95 bits per heavy atom. The Morgan fingerprint density at radius 2 is 2.16 bits per heavy atom. The Balaban J connectivity index is 1.94. The average Bonchev–Trinajstić information content (AvgIpc) is 2.76. The van der Waals surface area contributed by atoms with E-state index in [1.807, 2.05) is 0 Å². The molecule has 1 saturated carbocycles. The SMILES string of the molecule is CCC[C@H]1[C@H](N)CC[C@]23CCCN2C(=O)CCC[C@H]13. The first-order valence-corrected chi connectivity index (χ1v) is 8.25. The maximum Gasteiger partial charge on any atom is 0.223 e. The molecule has 0 aromatic heterocycles. The highest BCUT2D eigenvalue weighted by molar-refractivity contribution is 5.78. The zero-order chi connectivity index (χ0) is 13.5. The molecule has 1 amide bonds. The predicted octanol–water partition coefficient (Wildman–Crippen LogP) is 2.69. The lowest BCUT2D eigenvalue weighted by molar-refractivity contribution is -0.138. The molecule has 1 spiro atoms. The fourth-order valence-corrected chi connectivity index (χ4v) is 5.27. The fraction of sp³-hybridized carbons (Fsp3) is 0.938. The summed E-state index contributed by atoms with van der Waals surface area (Å²) in [6.45, 7) is 3.27. The maximum absolute atomic E-state index is 12.4. The molecule has 0 aromatic rings. The monoisotopic (exact) mass is 264 g/mol. The van der Waals surface area contributed by atoms with Crippen LogP contribution in [0, 0.1) is 11.8 Å². The zero-order valence-electron chi connectivity index (χ0n) is 12.2. The van der Waals surface area contributed by atoms with E-state index >= 15 is 0 Å². The normalized spacial score (nSPS) is 42.7. The number of carbonyl (C=O) groups is 1. The highest BCUT2D eigenvalue weighted by Gasteiger charge is 2.55. The van der Waals surface area contributed by atoms with Gasteiger partial charge in [0.05, 0.1) is 0 Å². The van der Waals surface area contributed by atoms with Gasteiger partial charge in [-0.25, -0.2) is 0 Å². The molecule has 2 heterocycles. The van der Waals surface area contributed by atoms with Crippen LogP contribution in [0.1, 0.15) is 64.7 Å². The van der Waals surface area contributed by atoms with Gasteiger partial charge in [-0.3, -0.25) is 4.79 Å². The minimum absolute atomic E-state index is 0.198. The highest BCUT2D eigenvalue weighted by Crippen LogP contribution is 2.52. The lowest BCUT2D eigenvalue weighted by Crippen LogP contribution is -2.59. The molecule has 4 atom stereocenters. The van der Waals surface area contributed by atoms with Gasteiger partial charge in [-0.1, -0.05) is 13.3 Å². The van der Waals surface area contributed by atoms with Gasteiger partial charge in [0.25, 0.3) is 0 Å². The molecule has 3 heteroatoms. The van der Waals surface area contributed by atoms with Crippen LogP contribution in [0.2, 0.25) is 0 Å². The van der Waals surface area contributed by atoms with E-state index in [1.165, 1.54) is 32.1 Å². The number of nitrogens with zero attached hydrogens (tertiary/aromatic N) is 1. The second-order valence-corrected chi connectivity index (χ2v) is 6.91. The van der Waals surface area contributed by atoms with Crippen LogP contribution in [0.5, 0.6) is 0 Å². The van der Waals surface area contributed by atoms with E-state index in [4.69, 9.17) is 5.73 Å². The molecule has 19 heavy (non-hydrogen) atoms. The highest BCUT2D eigenvalue weighted by atomic mass is 16.2. The average molecular weight is 264 g/mol. The first-order chi connectivity index (χ1) is 9.19. The van der Waals surface area contributed by atoms with Gasteiger partial charge in [0, 0.05) is 24.5 Å². The molecular weight excluding hydrogens is 236 g/mol. The molecular formula is C16H28N2O. The van der Waals surface area contributed by atoms with Crippen LogP contribution in [-0.4, -0.2) is 28.9 Å². The summed E-state index contributed by atoms with van der Waals surface area (Å²) in [6.07, 6.45) is 10.2. The third kappa shape index (κ3) is 2.01. The molecule has 3 nitrogen and oxygen atoms in total. The summed E-state index contributed by atoms with van der Waals surface area (Å²) in [5.74, 6) is 1.74. The molecule has 0 aromatic carbocycles. The van der Waals surface area contributed by atoms with Crippen molar-refractivity contribution < 1.29 is 4.79 Å². The summed E-state index contributed by atoms with van der Waals surface area (Å²) in [5.41, 5.74) is 6.63. The van der Waals surface area contributed by atoms with Crippen LogP contribution in [0.25, 0.3) is 0 Å². The summed E-state index contributed by atoms with van der Waals surface area (Å²) < 4.78 is 0. The summed E-state index contributed by atoms with van der Waals surface area (Å²) in [5, 5.41) is 0. The van der Waals surface area contributed by atoms with Gasteiger partial charge in [0.1, 0.15) is 0 Å². The molecule has 0 unspecified atom stereocenters. The molecule has 1 aliphatic carbocycles. The van der Waals surface area contributed by atoms with Crippen molar-refractivity contribution in [2.75, 3.05) is 6.54 Å². The molecule has 3 rings (SSSR count). The van der Waals surface area contributed by atoms with Crippen LogP contribution >= 0.6 is 0 Å². The number of hydrogen-bond acceptors (Lipinski definition) is 2. The van der Waals surface area contributed by atoms with E-state index in [0.29, 0.717) is 23.8 Å². The Hall–Kier alpha value is -0.570. The molecule has 2 saturated heterocycles. The van der Waals surface area contributed by atoms with Gasteiger partial charge >= 0.3 is 0 Å². The zero-order valence-corrected chi connectivity index (χ0v) is 12.2. The Bertz CT molecular complexity index is 357. The summed E-state index contributed by atoms with van der Waals surface area (Å²) in [7, 11) is 0. The number of rotatable bonds is 2. The molecule has 3 fully saturated rings. The van der Waals surface area contributed by atoms with Gasteiger partial charge in [0.2, 0.25) is 5.91 Å². The second kappa shape index (κ2) is 5.08. The van der Waals surface area contributed by atoms with Crippen molar-refractivity contribution in [3.8, 4) is 0 Å². The minimum Gasteiger partial charge on any atom is -0.337 e. The Kier molecular flexibility index (Phi) is 3.59. The molecule has 2 N–H and O–H groups in total. The molecule has 108 valence electrons. The maximum atomic E-state index is 12.4. The van der Waals surface area contributed by atoms with Crippen molar-refractivity contribution in [3.05, 3.63) is 0 Å². The Labute approximate surface area is 116 Å². The standard InChI is InChI=1S/C16H28N2O/c1-2-5-12-13-6-3-7-15(19)18-11-4-9-16(13,18)10-8-14(12)17/h12-14H,2-11,17H2,1H3/t12-,13-,14-,16+/m1/s1. The molecule has 0 bridgehead atoms. The van der Waals surface area contributed by atoms with Crippen LogP contribution in [0.4, 0.5) is 0 Å². The third-order valence-corrected chi connectivity index (χ3v) is 6.03. The smallest absolute Gasteiger partial charge is 0.223 e. The number of hydrogen-bond donors (Lipinski definition) is 1. The van der Waals surface area contributed by atoms with E-state index < -0.39 is 0 Å². The van der Waals surface area contributed by atoms with E-state index in [1.54, 1.807) is 0 Å². The first kappa shape index (κ1) is 13.4. The summed E-state index contributed by atoms with van der Waals surface area (Å²) in [6, 6.07) is 0.367. The molecule has 0 radical (unpaired) electrons. The van der Waals surface area contributed by atoms with Crippen molar-refractivity contribution in [2.45, 2.75) is 76.3 Å². The molecule has 2 aliphatic heterocycles. The van der Waals surface area contributed by atoms with Gasteiger partial charge in [-0.2, -0.15) is 0 Å². The largest absolute Gasteiger partial charge is 0.337 e. The number of nitrogens with two attached hydrogens (primary N) is 1. The number of amides is 1. The van der Waals surface area contributed by atoms with Crippen molar-refractivity contribution >= 4 is 5.91 Å². The minimum atomic E-state index is 0.198. The van der Waals surface area contributed by atoms with Gasteiger partial charge < -0.3 is 10.6 Å². The predicted molar refractivity (Wildman–Crippen MR) is 76.6 cm³/mol. The van der Waals surface area contributed by atoms with Gasteiger partial charge in [-0.05, 0) is 56.8 Å². The van der Waals surface area contributed by atoms with E-state index in [0.717, 1.165) is 32.2 Å². The van der Waals surface area contributed by atoms with Crippen LogP contribution in [0.15, 0.2) is 0 Å². The topological polar surface area (TPSA) is 46.3 Å². The molecule has 3 aliphatic rings. The van der Waals surface area contributed by atoms with E-state index in [9.17, 15) is 4.79 Å². The van der Waals surface area contributed by atoms with Crippen molar-refractivity contribution in [1.82, 2.24) is 4.90 Å². The number of carbonyl (C=O) groups excluding carboxylic acids is 1. The van der Waals surface area contributed by atoms with Gasteiger partial charge in [-0.15, -0.1) is 0 Å². The summed E-state index contributed by atoms with van der Waals surface area (Å²) >= 11 is 0. The van der Waals surface area contributed by atoms with Crippen molar-refractivity contribution in [1.29, 1.82) is 0 Å². The quantitative estimate of drug-likeness (QED) is 0.833. The van der Waals surface area contributed by atoms with Gasteiger partial charge in [0.15, 0.2) is 0 Å². The van der Waals surface area contributed by atoms with Crippen LogP contribution in [0.3, 0.4) is 0 Å². The Morgan fingerprint density at radius 1 is 1.32 bits per heavy atom. The van der Waals surface area contributed by atoms with E-state index in [-0.39, 0.29) is 5.54 Å². The fourth-order valence-electron chi connectivity index (χ4n) is 5.27. The lowest BCUT2D eigenvalue weighted by atomic mass is 9.61. The second-order valence-electron chi connectivity index (χ2n) is 6.91. The van der Waals surface area contributed by atoms with Crippen molar-refractivity contribution in [3.63, 3.8) is 0 Å². The first-order valence-electron chi connectivity index (χ1n) is 8.25.